The molecule has 35 heavy (non-hydrogen) atoms. The molecule has 1 saturated carbocycles. The highest BCUT2D eigenvalue weighted by Crippen LogP contribution is 2.37. The van der Waals surface area contributed by atoms with Crippen molar-refractivity contribution in [1.29, 1.82) is 0 Å². The number of halogens is 1. The van der Waals surface area contributed by atoms with Crippen molar-refractivity contribution in [3.63, 3.8) is 0 Å². The Kier molecular flexibility index (Phi) is 5.37. The Morgan fingerprint density at radius 2 is 2.14 bits per heavy atom. The second kappa shape index (κ2) is 8.58. The fourth-order valence-electron chi connectivity index (χ4n) is 4.87. The van der Waals surface area contributed by atoms with E-state index in [1.165, 1.54) is 6.20 Å². The Hall–Kier alpha value is -3.57. The summed E-state index contributed by atoms with van der Waals surface area (Å²) in [5, 5.41) is 20.2. The highest BCUT2D eigenvalue weighted by molar-refractivity contribution is 6.00. The largest absolute Gasteiger partial charge is 0.391 e. The van der Waals surface area contributed by atoms with Crippen molar-refractivity contribution in [2.24, 2.45) is 0 Å². The molecule has 2 aromatic rings. The van der Waals surface area contributed by atoms with Crippen molar-refractivity contribution in [3.8, 4) is 22.6 Å². The number of alkyl halides is 1. The average molecular weight is 480 g/mol. The smallest absolute Gasteiger partial charge is 0.257 e. The minimum absolute atomic E-state index is 0.0787. The molecule has 10 nitrogen and oxygen atoms in total. The van der Waals surface area contributed by atoms with E-state index in [4.69, 9.17) is 9.72 Å². The van der Waals surface area contributed by atoms with Crippen LogP contribution in [0.25, 0.3) is 28.3 Å². The number of fused-ring (bicyclic) bond motifs is 2. The lowest BCUT2D eigenvalue weighted by atomic mass is 9.89. The molecule has 2 fully saturated rings. The van der Waals surface area contributed by atoms with Crippen LogP contribution in [0.4, 0.5) is 10.2 Å². The van der Waals surface area contributed by atoms with E-state index in [-0.39, 0.29) is 24.6 Å². The predicted octanol–water partition coefficient (Wildman–Crippen LogP) is 2.29. The van der Waals surface area contributed by atoms with Gasteiger partial charge in [-0.25, -0.2) is 14.4 Å². The Morgan fingerprint density at radius 3 is 2.89 bits per heavy atom. The highest BCUT2D eigenvalue weighted by Gasteiger charge is 2.32. The van der Waals surface area contributed by atoms with E-state index >= 15 is 0 Å². The van der Waals surface area contributed by atoms with Gasteiger partial charge in [-0.3, -0.25) is 4.79 Å². The van der Waals surface area contributed by atoms with Gasteiger partial charge in [0.2, 0.25) is 0 Å². The van der Waals surface area contributed by atoms with E-state index in [1.54, 1.807) is 17.8 Å². The van der Waals surface area contributed by atoms with Gasteiger partial charge in [0.15, 0.2) is 5.65 Å². The van der Waals surface area contributed by atoms with Crippen LogP contribution < -0.4 is 10.6 Å². The normalized spacial score (nSPS) is 24.4. The minimum Gasteiger partial charge on any atom is -0.391 e. The summed E-state index contributed by atoms with van der Waals surface area (Å²) in [6.07, 6.45) is 5.43. The van der Waals surface area contributed by atoms with E-state index < -0.39 is 12.3 Å². The van der Waals surface area contributed by atoms with Crippen LogP contribution in [0.3, 0.4) is 0 Å². The number of aliphatic hydroxyl groups is 1. The van der Waals surface area contributed by atoms with Crippen LogP contribution in [0.2, 0.25) is 0 Å². The second-order valence-corrected chi connectivity index (χ2v) is 9.07. The molecule has 6 rings (SSSR count). The Labute approximate surface area is 200 Å². The summed E-state index contributed by atoms with van der Waals surface area (Å²) in [6, 6.07) is 5.07. The lowest BCUT2D eigenvalue weighted by Crippen LogP contribution is -2.50. The van der Waals surface area contributed by atoms with Gasteiger partial charge >= 0.3 is 0 Å². The van der Waals surface area contributed by atoms with Gasteiger partial charge in [0.05, 0.1) is 36.7 Å². The van der Waals surface area contributed by atoms with E-state index in [9.17, 15) is 14.3 Å². The summed E-state index contributed by atoms with van der Waals surface area (Å²) in [5.41, 5.74) is 2.95. The first-order chi connectivity index (χ1) is 17.0. The summed E-state index contributed by atoms with van der Waals surface area (Å²) in [5.74, 6) is 1.00. The molecule has 4 aliphatic rings. The zero-order valence-corrected chi connectivity index (χ0v) is 19.2. The maximum absolute atomic E-state index is 14.6. The fraction of sp³-hybridized carbons (Fsp3) is 0.417. The third-order valence-electron chi connectivity index (χ3n) is 7.01. The monoisotopic (exact) mass is 479 g/mol. The first-order valence-electron chi connectivity index (χ1n) is 11.8. The number of aromatic nitrogens is 5. The highest BCUT2D eigenvalue weighted by atomic mass is 19.1. The van der Waals surface area contributed by atoms with E-state index in [2.05, 4.69) is 20.7 Å². The van der Waals surface area contributed by atoms with Crippen LogP contribution in [0.5, 0.6) is 0 Å². The van der Waals surface area contributed by atoms with Crippen molar-refractivity contribution in [2.75, 3.05) is 25.6 Å². The molecular weight excluding hydrogens is 453 g/mol. The van der Waals surface area contributed by atoms with Gasteiger partial charge in [0.1, 0.15) is 23.4 Å². The fourth-order valence-corrected chi connectivity index (χ4v) is 4.87. The van der Waals surface area contributed by atoms with Crippen molar-refractivity contribution in [1.82, 2.24) is 29.5 Å². The number of rotatable bonds is 5. The molecule has 3 N–H and O–H groups in total. The van der Waals surface area contributed by atoms with Crippen molar-refractivity contribution < 1.29 is 19.0 Å². The summed E-state index contributed by atoms with van der Waals surface area (Å²) < 4.78 is 23.4. The molecule has 11 heteroatoms. The molecule has 3 aliphatic heterocycles. The Bertz CT molecular complexity index is 1370. The van der Waals surface area contributed by atoms with Gasteiger partial charge < -0.3 is 25.0 Å². The van der Waals surface area contributed by atoms with Crippen LogP contribution in [-0.2, 0) is 4.74 Å². The van der Waals surface area contributed by atoms with Crippen LogP contribution in [0.15, 0.2) is 36.8 Å². The first kappa shape index (κ1) is 21.9. The quantitative estimate of drug-likeness (QED) is 0.402. The lowest BCUT2D eigenvalue weighted by molar-refractivity contribution is 0.00346. The molecule has 1 aliphatic carbocycles. The minimum atomic E-state index is -1.10. The maximum Gasteiger partial charge on any atom is 0.257 e. The third-order valence-corrected chi connectivity index (χ3v) is 7.01. The van der Waals surface area contributed by atoms with Crippen LogP contribution >= 0.6 is 0 Å². The number of nitrogens with zero attached hydrogens (tertiary/aromatic N) is 5. The summed E-state index contributed by atoms with van der Waals surface area (Å²) in [4.78, 5) is 22.3. The molecule has 2 aromatic heterocycles. The molecule has 0 radical (unpaired) electrons. The zero-order chi connectivity index (χ0) is 24.1. The molecular formula is C24H26FN7O3. The van der Waals surface area contributed by atoms with Gasteiger partial charge in [0, 0.05) is 43.2 Å². The molecule has 4 atom stereocenters. The number of hydrogen-bond acceptors (Lipinski definition) is 7. The van der Waals surface area contributed by atoms with Crippen molar-refractivity contribution in [3.05, 3.63) is 42.4 Å². The van der Waals surface area contributed by atoms with E-state index in [1.807, 2.05) is 29.0 Å². The number of carbonyl (C=O) groups excluding carboxylic acids is 1. The molecule has 5 heterocycles. The average Bonchev–Trinajstić information content (AvgIpc) is 3.50. The molecule has 0 bridgehead atoms. The topological polar surface area (TPSA) is 119 Å². The summed E-state index contributed by atoms with van der Waals surface area (Å²) in [6.45, 7) is 0.588. The number of pyridine rings is 1. The number of anilines is 1. The summed E-state index contributed by atoms with van der Waals surface area (Å²) >= 11 is 0. The van der Waals surface area contributed by atoms with Gasteiger partial charge in [0.25, 0.3) is 5.91 Å². The van der Waals surface area contributed by atoms with Gasteiger partial charge in [-0.1, -0.05) is 0 Å². The predicted molar refractivity (Wildman–Crippen MR) is 126 cm³/mol. The SMILES string of the molecule is CNc1cc(-c2cnc3n([C@@H]4CCOC[C@@H]4F)cccc2-3)nc2c(C(=O)NC3CC[C@@H]3O)cnn12. The molecule has 1 unspecified atom stereocenters. The maximum atomic E-state index is 14.6. The Balaban J connectivity index is 1.40. The molecule has 0 spiro atoms. The molecule has 1 amide bonds. The summed E-state index contributed by atoms with van der Waals surface area (Å²) in [7, 11) is 1.77. The first-order valence-corrected chi connectivity index (χ1v) is 11.8. The lowest BCUT2D eigenvalue weighted by Gasteiger charge is -2.32. The molecule has 0 aromatic carbocycles. The van der Waals surface area contributed by atoms with Gasteiger partial charge in [-0.2, -0.15) is 9.61 Å². The van der Waals surface area contributed by atoms with E-state index in [0.29, 0.717) is 48.0 Å². The second-order valence-electron chi connectivity index (χ2n) is 9.07. The number of ether oxygens (including phenoxy) is 1. The number of hydrogen-bond donors (Lipinski definition) is 3. The standard InChI is InChI=1S/C24H26FN7O3/c1-26-21-9-18(29-23-15(11-28-32(21)23)24(34)30-17-4-5-20(17)33)14-10-27-22-13(14)3-2-7-31(22)19-6-8-35-12-16(19)25/h2-3,7,9-11,16-17,19-20,26,33H,4-6,8,12H2,1H3,(H,30,34)/t16-,17?,19+,20-/m0/s1. The number of aliphatic hydroxyl groups excluding tert-OH is 1. The van der Waals surface area contributed by atoms with Crippen LogP contribution in [0, 0.1) is 0 Å². The van der Waals surface area contributed by atoms with E-state index in [0.717, 1.165) is 17.5 Å². The molecule has 182 valence electrons. The third kappa shape index (κ3) is 3.62. The van der Waals surface area contributed by atoms with Crippen molar-refractivity contribution >= 4 is 17.4 Å². The van der Waals surface area contributed by atoms with Crippen LogP contribution in [-0.4, -0.2) is 73.7 Å². The number of carbonyl (C=O) groups is 1. The zero-order valence-electron chi connectivity index (χ0n) is 19.2. The van der Waals surface area contributed by atoms with Crippen LogP contribution in [0.1, 0.15) is 35.7 Å². The van der Waals surface area contributed by atoms with Gasteiger partial charge in [-0.15, -0.1) is 0 Å². The van der Waals surface area contributed by atoms with Gasteiger partial charge in [-0.05, 0) is 31.4 Å². The molecule has 1 saturated heterocycles. The Morgan fingerprint density at radius 1 is 1.26 bits per heavy atom. The number of nitrogens with one attached hydrogen (secondary N) is 2. The number of amides is 1. The van der Waals surface area contributed by atoms with Crippen molar-refractivity contribution in [2.45, 2.75) is 43.6 Å².